The average Bonchev–Trinajstić information content (AvgIpc) is 2.19. The first-order valence-corrected chi connectivity index (χ1v) is 5.67. The second kappa shape index (κ2) is 5.69. The molecule has 3 heteroatoms. The Kier molecular flexibility index (Phi) is 4.85. The SMILES string of the molecule is CCCNCC(C)(O)C1CCOCC1. The van der Waals surface area contributed by atoms with Crippen molar-refractivity contribution in [3.63, 3.8) is 0 Å². The fourth-order valence-corrected chi connectivity index (χ4v) is 1.98. The predicted octanol–water partition coefficient (Wildman–Crippen LogP) is 1.16. The molecule has 3 nitrogen and oxygen atoms in total. The minimum absolute atomic E-state index is 0.389. The van der Waals surface area contributed by atoms with Crippen LogP contribution in [0, 0.1) is 5.92 Å². The molecule has 1 aliphatic heterocycles. The van der Waals surface area contributed by atoms with Crippen LogP contribution in [0.3, 0.4) is 0 Å². The Morgan fingerprint density at radius 1 is 1.43 bits per heavy atom. The summed E-state index contributed by atoms with van der Waals surface area (Å²) in [5.74, 6) is 0.389. The second-order valence-electron chi connectivity index (χ2n) is 4.42. The van der Waals surface area contributed by atoms with Gasteiger partial charge >= 0.3 is 0 Å². The van der Waals surface area contributed by atoms with E-state index < -0.39 is 5.60 Å². The molecule has 0 aromatic carbocycles. The van der Waals surface area contributed by atoms with E-state index in [1.54, 1.807) is 0 Å². The smallest absolute Gasteiger partial charge is 0.0773 e. The van der Waals surface area contributed by atoms with E-state index in [0.29, 0.717) is 12.5 Å². The summed E-state index contributed by atoms with van der Waals surface area (Å²) < 4.78 is 5.29. The molecule has 1 fully saturated rings. The quantitative estimate of drug-likeness (QED) is 0.656. The van der Waals surface area contributed by atoms with Crippen LogP contribution in [0.5, 0.6) is 0 Å². The number of hydrogen-bond donors (Lipinski definition) is 2. The molecule has 1 rings (SSSR count). The number of rotatable bonds is 5. The van der Waals surface area contributed by atoms with Crippen LogP contribution >= 0.6 is 0 Å². The maximum absolute atomic E-state index is 10.2. The summed E-state index contributed by atoms with van der Waals surface area (Å²) in [6.45, 7) is 7.36. The lowest BCUT2D eigenvalue weighted by atomic mass is 9.83. The summed E-state index contributed by atoms with van der Waals surface area (Å²) in [7, 11) is 0. The van der Waals surface area contributed by atoms with Gasteiger partial charge in [0.15, 0.2) is 0 Å². The van der Waals surface area contributed by atoms with Gasteiger partial charge < -0.3 is 15.2 Å². The lowest BCUT2D eigenvalue weighted by molar-refractivity contribution is -0.0519. The van der Waals surface area contributed by atoms with Crippen LogP contribution < -0.4 is 5.32 Å². The monoisotopic (exact) mass is 201 g/mol. The summed E-state index contributed by atoms with van der Waals surface area (Å²) in [5.41, 5.74) is -0.570. The Morgan fingerprint density at radius 2 is 2.07 bits per heavy atom. The van der Waals surface area contributed by atoms with Crippen molar-refractivity contribution in [2.45, 2.75) is 38.7 Å². The maximum atomic E-state index is 10.2. The van der Waals surface area contributed by atoms with Gasteiger partial charge in [0.05, 0.1) is 5.60 Å². The topological polar surface area (TPSA) is 41.5 Å². The molecule has 0 aromatic rings. The Hall–Kier alpha value is -0.120. The van der Waals surface area contributed by atoms with Crippen molar-refractivity contribution >= 4 is 0 Å². The van der Waals surface area contributed by atoms with Gasteiger partial charge in [-0.25, -0.2) is 0 Å². The van der Waals surface area contributed by atoms with Gasteiger partial charge in [0.25, 0.3) is 0 Å². The summed E-state index contributed by atoms with van der Waals surface area (Å²) in [4.78, 5) is 0. The van der Waals surface area contributed by atoms with E-state index in [1.165, 1.54) is 0 Å². The number of aliphatic hydroxyl groups is 1. The largest absolute Gasteiger partial charge is 0.389 e. The van der Waals surface area contributed by atoms with Crippen LogP contribution in [0.2, 0.25) is 0 Å². The Balaban J connectivity index is 2.29. The molecule has 0 spiro atoms. The number of ether oxygens (including phenoxy) is 1. The molecule has 1 unspecified atom stereocenters. The van der Waals surface area contributed by atoms with E-state index in [4.69, 9.17) is 4.74 Å². The van der Waals surface area contributed by atoms with E-state index in [9.17, 15) is 5.11 Å². The van der Waals surface area contributed by atoms with Crippen molar-refractivity contribution in [3.8, 4) is 0 Å². The van der Waals surface area contributed by atoms with Crippen LogP contribution in [0.25, 0.3) is 0 Å². The average molecular weight is 201 g/mol. The normalized spacial score (nSPS) is 23.4. The van der Waals surface area contributed by atoms with E-state index >= 15 is 0 Å². The molecule has 14 heavy (non-hydrogen) atoms. The van der Waals surface area contributed by atoms with Crippen LogP contribution in [0.4, 0.5) is 0 Å². The van der Waals surface area contributed by atoms with Gasteiger partial charge in [-0.1, -0.05) is 6.92 Å². The third-order valence-corrected chi connectivity index (χ3v) is 3.01. The van der Waals surface area contributed by atoms with Crippen LogP contribution in [0.15, 0.2) is 0 Å². The zero-order valence-electron chi connectivity index (χ0n) is 9.38. The molecule has 1 aliphatic rings. The van der Waals surface area contributed by atoms with Crippen molar-refractivity contribution in [3.05, 3.63) is 0 Å². The number of nitrogens with one attached hydrogen (secondary N) is 1. The molecule has 2 N–H and O–H groups in total. The highest BCUT2D eigenvalue weighted by atomic mass is 16.5. The van der Waals surface area contributed by atoms with Crippen molar-refractivity contribution in [1.82, 2.24) is 5.32 Å². The Morgan fingerprint density at radius 3 is 2.64 bits per heavy atom. The van der Waals surface area contributed by atoms with Crippen molar-refractivity contribution in [1.29, 1.82) is 0 Å². The van der Waals surface area contributed by atoms with Gasteiger partial charge in [0.2, 0.25) is 0 Å². The van der Waals surface area contributed by atoms with Crippen LogP contribution in [-0.2, 0) is 4.74 Å². The summed E-state index contributed by atoms with van der Waals surface area (Å²) in [6, 6.07) is 0. The Labute approximate surface area is 86.8 Å². The first kappa shape index (κ1) is 12.0. The van der Waals surface area contributed by atoms with Gasteiger partial charge in [0, 0.05) is 19.8 Å². The van der Waals surface area contributed by atoms with Crippen LogP contribution in [0.1, 0.15) is 33.1 Å². The van der Waals surface area contributed by atoms with Gasteiger partial charge in [0.1, 0.15) is 0 Å². The summed E-state index contributed by atoms with van der Waals surface area (Å²) in [5, 5.41) is 13.5. The van der Waals surface area contributed by atoms with Gasteiger partial charge in [-0.3, -0.25) is 0 Å². The third-order valence-electron chi connectivity index (χ3n) is 3.01. The van der Waals surface area contributed by atoms with Crippen molar-refractivity contribution in [2.24, 2.45) is 5.92 Å². The molecule has 1 saturated heterocycles. The third kappa shape index (κ3) is 3.56. The molecule has 0 bridgehead atoms. The second-order valence-corrected chi connectivity index (χ2v) is 4.42. The van der Waals surface area contributed by atoms with E-state index in [-0.39, 0.29) is 0 Å². The fraction of sp³-hybridized carbons (Fsp3) is 1.00. The molecule has 0 radical (unpaired) electrons. The molecule has 0 amide bonds. The van der Waals surface area contributed by atoms with Gasteiger partial charge in [-0.15, -0.1) is 0 Å². The van der Waals surface area contributed by atoms with Gasteiger partial charge in [-0.2, -0.15) is 0 Å². The zero-order chi connectivity index (χ0) is 10.4. The first-order valence-electron chi connectivity index (χ1n) is 5.67. The van der Waals surface area contributed by atoms with Gasteiger partial charge in [-0.05, 0) is 38.6 Å². The zero-order valence-corrected chi connectivity index (χ0v) is 9.38. The van der Waals surface area contributed by atoms with Crippen molar-refractivity contribution < 1.29 is 9.84 Å². The molecule has 1 atom stereocenters. The molecule has 1 heterocycles. The maximum Gasteiger partial charge on any atom is 0.0773 e. The molecular weight excluding hydrogens is 178 g/mol. The molecule has 0 aliphatic carbocycles. The summed E-state index contributed by atoms with van der Waals surface area (Å²) >= 11 is 0. The minimum Gasteiger partial charge on any atom is -0.389 e. The van der Waals surface area contributed by atoms with E-state index in [2.05, 4.69) is 12.2 Å². The summed E-state index contributed by atoms with van der Waals surface area (Å²) in [6.07, 6.45) is 3.09. The van der Waals surface area contributed by atoms with Crippen LogP contribution in [-0.4, -0.2) is 37.0 Å². The first-order chi connectivity index (χ1) is 6.67. The lowest BCUT2D eigenvalue weighted by Crippen LogP contribution is -2.46. The standard InChI is InChI=1S/C11H23NO2/c1-3-6-12-9-11(2,13)10-4-7-14-8-5-10/h10,12-13H,3-9H2,1-2H3. The minimum atomic E-state index is -0.570. The van der Waals surface area contributed by atoms with E-state index in [0.717, 1.165) is 39.0 Å². The molecule has 84 valence electrons. The highest BCUT2D eigenvalue weighted by Gasteiger charge is 2.32. The highest BCUT2D eigenvalue weighted by molar-refractivity contribution is 4.85. The molecular formula is C11H23NO2. The fourth-order valence-electron chi connectivity index (χ4n) is 1.98. The van der Waals surface area contributed by atoms with E-state index in [1.807, 2.05) is 6.92 Å². The number of hydrogen-bond acceptors (Lipinski definition) is 3. The predicted molar refractivity (Wildman–Crippen MR) is 57.3 cm³/mol. The molecule has 0 saturated carbocycles. The lowest BCUT2D eigenvalue weighted by Gasteiger charge is -2.35. The van der Waals surface area contributed by atoms with Crippen molar-refractivity contribution in [2.75, 3.05) is 26.3 Å². The highest BCUT2D eigenvalue weighted by Crippen LogP contribution is 2.26. The Bertz CT molecular complexity index is 153. The molecule has 0 aromatic heterocycles.